The van der Waals surface area contributed by atoms with Crippen molar-refractivity contribution in [2.75, 3.05) is 25.5 Å². The van der Waals surface area contributed by atoms with Gasteiger partial charge in [0, 0.05) is 29.8 Å². The predicted molar refractivity (Wildman–Crippen MR) is 106 cm³/mol. The van der Waals surface area contributed by atoms with Crippen LogP contribution in [0.15, 0.2) is 36.4 Å². The van der Waals surface area contributed by atoms with Gasteiger partial charge >= 0.3 is 6.18 Å². The molecule has 29 heavy (non-hydrogen) atoms. The minimum absolute atomic E-state index is 0.0123. The van der Waals surface area contributed by atoms with Gasteiger partial charge in [-0.05, 0) is 55.4 Å². The number of hydrogen-bond donors (Lipinski definition) is 1. The molecule has 1 amide bonds. The van der Waals surface area contributed by atoms with E-state index in [1.54, 1.807) is 13.0 Å². The van der Waals surface area contributed by atoms with E-state index in [0.717, 1.165) is 24.7 Å². The van der Waals surface area contributed by atoms with Gasteiger partial charge in [-0.3, -0.25) is 4.79 Å². The van der Waals surface area contributed by atoms with E-state index in [4.69, 9.17) is 4.74 Å². The van der Waals surface area contributed by atoms with Crippen LogP contribution >= 0.6 is 0 Å². The van der Waals surface area contributed by atoms with Crippen molar-refractivity contribution in [3.8, 4) is 5.75 Å². The summed E-state index contributed by atoms with van der Waals surface area (Å²) in [4.78, 5) is 14.8. The van der Waals surface area contributed by atoms with Gasteiger partial charge in [0.1, 0.15) is 5.75 Å². The van der Waals surface area contributed by atoms with E-state index in [1.807, 2.05) is 19.2 Å². The van der Waals surface area contributed by atoms with Crippen molar-refractivity contribution >= 4 is 11.6 Å². The SMILES string of the molecule is CCOc1ccc(C(=O)Nc2ccc3c(c2)CN(C)CC3(C)C)cc1C(F)(F)F. The lowest BCUT2D eigenvalue weighted by molar-refractivity contribution is -0.138. The second kappa shape index (κ2) is 7.71. The lowest BCUT2D eigenvalue weighted by Gasteiger charge is -2.38. The van der Waals surface area contributed by atoms with Crippen LogP contribution in [-0.2, 0) is 18.1 Å². The third kappa shape index (κ3) is 4.56. The summed E-state index contributed by atoms with van der Waals surface area (Å²) in [6, 6.07) is 9.02. The van der Waals surface area contributed by atoms with Crippen molar-refractivity contribution in [1.29, 1.82) is 0 Å². The first kappa shape index (κ1) is 21.2. The first-order chi connectivity index (χ1) is 13.5. The number of likely N-dealkylation sites (N-methyl/N-ethyl adjacent to an activating group) is 1. The lowest BCUT2D eigenvalue weighted by atomic mass is 9.78. The topological polar surface area (TPSA) is 41.6 Å². The zero-order valence-corrected chi connectivity index (χ0v) is 17.0. The monoisotopic (exact) mass is 406 g/mol. The highest BCUT2D eigenvalue weighted by Crippen LogP contribution is 2.37. The van der Waals surface area contributed by atoms with Gasteiger partial charge < -0.3 is 15.0 Å². The Morgan fingerprint density at radius 3 is 2.59 bits per heavy atom. The van der Waals surface area contributed by atoms with E-state index < -0.39 is 17.6 Å². The summed E-state index contributed by atoms with van der Waals surface area (Å²) in [6.07, 6.45) is -4.61. The molecule has 156 valence electrons. The number of anilines is 1. The Labute approximate surface area is 168 Å². The van der Waals surface area contributed by atoms with Crippen LogP contribution in [0.25, 0.3) is 0 Å². The molecule has 7 heteroatoms. The molecule has 1 heterocycles. The lowest BCUT2D eigenvalue weighted by Crippen LogP contribution is -2.39. The Morgan fingerprint density at radius 1 is 1.21 bits per heavy atom. The van der Waals surface area contributed by atoms with E-state index >= 15 is 0 Å². The summed E-state index contributed by atoms with van der Waals surface area (Å²) < 4.78 is 45.0. The molecule has 0 saturated carbocycles. The molecule has 0 saturated heterocycles. The molecule has 0 spiro atoms. The molecule has 2 aromatic rings. The summed E-state index contributed by atoms with van der Waals surface area (Å²) in [5.41, 5.74) is 1.83. The van der Waals surface area contributed by atoms with E-state index in [9.17, 15) is 18.0 Å². The number of amides is 1. The summed E-state index contributed by atoms with van der Waals surface area (Å²) in [5.74, 6) is -0.877. The van der Waals surface area contributed by atoms with Gasteiger partial charge in [0.25, 0.3) is 5.91 Å². The first-order valence-electron chi connectivity index (χ1n) is 9.48. The van der Waals surface area contributed by atoms with Crippen molar-refractivity contribution < 1.29 is 22.7 Å². The highest BCUT2D eigenvalue weighted by Gasteiger charge is 2.35. The molecule has 2 aromatic carbocycles. The molecule has 0 unspecified atom stereocenters. The number of nitrogens with zero attached hydrogens (tertiary/aromatic N) is 1. The highest BCUT2D eigenvalue weighted by molar-refractivity contribution is 6.04. The summed E-state index contributed by atoms with van der Waals surface area (Å²) in [6.45, 7) is 7.72. The number of alkyl halides is 3. The second-order valence-electron chi connectivity index (χ2n) is 8.02. The number of benzene rings is 2. The fourth-order valence-corrected chi connectivity index (χ4v) is 3.95. The number of nitrogens with one attached hydrogen (secondary N) is 1. The van der Waals surface area contributed by atoms with Gasteiger partial charge in [-0.2, -0.15) is 13.2 Å². The number of halogens is 3. The van der Waals surface area contributed by atoms with Crippen molar-refractivity contribution in [3.05, 3.63) is 58.7 Å². The maximum atomic E-state index is 13.3. The molecule has 0 aliphatic carbocycles. The molecule has 4 nitrogen and oxygen atoms in total. The average Bonchev–Trinajstić information content (AvgIpc) is 2.60. The van der Waals surface area contributed by atoms with Crippen molar-refractivity contribution in [2.24, 2.45) is 0 Å². The molecule has 0 aromatic heterocycles. The average molecular weight is 406 g/mol. The van der Waals surface area contributed by atoms with Gasteiger partial charge in [0.15, 0.2) is 0 Å². The molecule has 1 aliphatic rings. The molecule has 0 bridgehead atoms. The van der Waals surface area contributed by atoms with Crippen molar-refractivity contribution in [2.45, 2.75) is 38.9 Å². The van der Waals surface area contributed by atoms with Gasteiger partial charge in [-0.1, -0.05) is 19.9 Å². The van der Waals surface area contributed by atoms with Crippen molar-refractivity contribution in [3.63, 3.8) is 0 Å². The molecule has 3 rings (SSSR count). The first-order valence-corrected chi connectivity index (χ1v) is 9.48. The largest absolute Gasteiger partial charge is 0.493 e. The standard InChI is InChI=1S/C22H25F3N2O2/c1-5-29-19-9-6-14(11-18(19)22(23,24)25)20(28)26-16-7-8-17-15(10-16)12-27(4)13-21(17,2)3/h6-11H,5,12-13H2,1-4H3,(H,26,28). The van der Waals surface area contributed by atoms with E-state index in [1.165, 1.54) is 17.7 Å². The summed E-state index contributed by atoms with van der Waals surface area (Å²) >= 11 is 0. The van der Waals surface area contributed by atoms with Gasteiger partial charge in [0.2, 0.25) is 0 Å². The molecule has 0 radical (unpaired) electrons. The summed E-state index contributed by atoms with van der Waals surface area (Å²) in [7, 11) is 2.04. The Balaban J connectivity index is 1.87. The summed E-state index contributed by atoms with van der Waals surface area (Å²) in [5, 5.41) is 2.72. The number of carbonyl (C=O) groups is 1. The minimum Gasteiger partial charge on any atom is -0.493 e. The number of ether oxygens (including phenoxy) is 1. The fraction of sp³-hybridized carbons (Fsp3) is 0.409. The zero-order valence-electron chi connectivity index (χ0n) is 17.0. The Kier molecular flexibility index (Phi) is 5.63. The Bertz CT molecular complexity index is 923. The number of rotatable bonds is 4. The van der Waals surface area contributed by atoms with Crippen LogP contribution in [0.4, 0.5) is 18.9 Å². The van der Waals surface area contributed by atoms with Crippen molar-refractivity contribution in [1.82, 2.24) is 4.90 Å². The van der Waals surface area contributed by atoms with Gasteiger partial charge in [-0.25, -0.2) is 0 Å². The molecular weight excluding hydrogens is 381 g/mol. The third-order valence-electron chi connectivity index (χ3n) is 5.04. The van der Waals surface area contributed by atoms with E-state index in [0.29, 0.717) is 5.69 Å². The van der Waals surface area contributed by atoms with Crippen LogP contribution in [0.1, 0.15) is 47.8 Å². The van der Waals surface area contributed by atoms with Gasteiger partial charge in [-0.15, -0.1) is 0 Å². The molecule has 1 N–H and O–H groups in total. The maximum absolute atomic E-state index is 13.3. The fourth-order valence-electron chi connectivity index (χ4n) is 3.95. The second-order valence-corrected chi connectivity index (χ2v) is 8.02. The van der Waals surface area contributed by atoms with Gasteiger partial charge in [0.05, 0.1) is 12.2 Å². The Hall–Kier alpha value is -2.54. The molecule has 0 atom stereocenters. The number of carbonyl (C=O) groups excluding carboxylic acids is 1. The van der Waals surface area contributed by atoms with Crippen LogP contribution in [0.2, 0.25) is 0 Å². The minimum atomic E-state index is -4.61. The number of hydrogen-bond acceptors (Lipinski definition) is 3. The Morgan fingerprint density at radius 2 is 1.93 bits per heavy atom. The molecule has 1 aliphatic heterocycles. The van der Waals surface area contributed by atoms with Crippen LogP contribution in [-0.4, -0.2) is 31.0 Å². The van der Waals surface area contributed by atoms with Crippen LogP contribution in [0, 0.1) is 0 Å². The third-order valence-corrected chi connectivity index (χ3v) is 5.04. The van der Waals surface area contributed by atoms with Crippen LogP contribution in [0.5, 0.6) is 5.75 Å². The zero-order chi connectivity index (χ0) is 21.4. The molecular formula is C22H25F3N2O2. The quantitative estimate of drug-likeness (QED) is 0.770. The molecule has 0 fully saturated rings. The smallest absolute Gasteiger partial charge is 0.419 e. The maximum Gasteiger partial charge on any atom is 0.419 e. The number of fused-ring (bicyclic) bond motifs is 1. The van der Waals surface area contributed by atoms with E-state index in [2.05, 4.69) is 24.1 Å². The highest BCUT2D eigenvalue weighted by atomic mass is 19.4. The predicted octanol–water partition coefficient (Wildman–Crippen LogP) is 5.08. The van der Waals surface area contributed by atoms with Crippen LogP contribution in [0.3, 0.4) is 0 Å². The van der Waals surface area contributed by atoms with Crippen LogP contribution < -0.4 is 10.1 Å². The van der Waals surface area contributed by atoms with E-state index in [-0.39, 0.29) is 23.3 Å². The normalized spacial score (nSPS) is 16.2.